The zero-order chi connectivity index (χ0) is 13.9. The second-order valence-electron chi connectivity index (χ2n) is 5.50. The molecule has 0 aromatic carbocycles. The van der Waals surface area contributed by atoms with E-state index in [2.05, 4.69) is 20.9 Å². The molecular weight excluding hydrogens is 252 g/mol. The molecule has 1 unspecified atom stereocenters. The van der Waals surface area contributed by atoms with E-state index in [1.165, 1.54) is 0 Å². The van der Waals surface area contributed by atoms with Gasteiger partial charge in [-0.25, -0.2) is 4.98 Å². The quantitative estimate of drug-likeness (QED) is 0.809. The van der Waals surface area contributed by atoms with Gasteiger partial charge in [-0.15, -0.1) is 0 Å². The summed E-state index contributed by atoms with van der Waals surface area (Å²) in [5.74, 6) is 0.942. The fourth-order valence-corrected chi connectivity index (χ4v) is 3.07. The standard InChI is InChI=1S/C15H20N4O/c1-12-8-13(10-16)9-15(17-12)19-3-2-14(11-19)18-4-6-20-7-5-18/h8-9,14H,2-7,11H2,1H3. The predicted octanol–water partition coefficient (Wildman–Crippen LogP) is 1.17. The summed E-state index contributed by atoms with van der Waals surface area (Å²) >= 11 is 0. The maximum absolute atomic E-state index is 9.07. The Labute approximate surface area is 119 Å². The van der Waals surface area contributed by atoms with Gasteiger partial charge in [0.1, 0.15) is 5.82 Å². The summed E-state index contributed by atoms with van der Waals surface area (Å²) in [6.07, 6.45) is 1.16. The number of hydrogen-bond donors (Lipinski definition) is 0. The highest BCUT2D eigenvalue weighted by molar-refractivity contribution is 5.47. The highest BCUT2D eigenvalue weighted by Gasteiger charge is 2.29. The monoisotopic (exact) mass is 272 g/mol. The van der Waals surface area contributed by atoms with Crippen molar-refractivity contribution < 1.29 is 4.74 Å². The molecule has 1 aromatic rings. The number of morpholine rings is 1. The summed E-state index contributed by atoms with van der Waals surface area (Å²) in [6.45, 7) is 7.71. The summed E-state index contributed by atoms with van der Waals surface area (Å²) in [4.78, 5) is 9.39. The van der Waals surface area contributed by atoms with E-state index in [1.807, 2.05) is 19.1 Å². The lowest BCUT2D eigenvalue weighted by Gasteiger charge is -2.32. The molecular formula is C15H20N4O. The van der Waals surface area contributed by atoms with Crippen molar-refractivity contribution in [2.75, 3.05) is 44.3 Å². The van der Waals surface area contributed by atoms with Crippen molar-refractivity contribution in [3.8, 4) is 6.07 Å². The van der Waals surface area contributed by atoms with Gasteiger partial charge in [-0.05, 0) is 25.5 Å². The van der Waals surface area contributed by atoms with Crippen LogP contribution in [0.1, 0.15) is 17.7 Å². The highest BCUT2D eigenvalue weighted by atomic mass is 16.5. The second kappa shape index (κ2) is 5.78. The van der Waals surface area contributed by atoms with Gasteiger partial charge < -0.3 is 9.64 Å². The lowest BCUT2D eigenvalue weighted by molar-refractivity contribution is 0.0209. The summed E-state index contributed by atoms with van der Waals surface area (Å²) in [6, 6.07) is 6.53. The fourth-order valence-electron chi connectivity index (χ4n) is 3.07. The van der Waals surface area contributed by atoms with Crippen LogP contribution in [0.25, 0.3) is 0 Å². The predicted molar refractivity (Wildman–Crippen MR) is 76.7 cm³/mol. The largest absolute Gasteiger partial charge is 0.379 e. The third-order valence-electron chi connectivity index (χ3n) is 4.12. The molecule has 20 heavy (non-hydrogen) atoms. The third kappa shape index (κ3) is 2.77. The van der Waals surface area contributed by atoms with Gasteiger partial charge in [0.2, 0.25) is 0 Å². The Morgan fingerprint density at radius 2 is 2.10 bits per heavy atom. The minimum atomic E-state index is 0.590. The van der Waals surface area contributed by atoms with E-state index >= 15 is 0 Å². The average molecular weight is 272 g/mol. The molecule has 1 atom stereocenters. The average Bonchev–Trinajstić information content (AvgIpc) is 2.97. The molecule has 0 aliphatic carbocycles. The van der Waals surface area contributed by atoms with Crippen LogP contribution >= 0.6 is 0 Å². The minimum absolute atomic E-state index is 0.590. The highest BCUT2D eigenvalue weighted by Crippen LogP contribution is 2.23. The van der Waals surface area contributed by atoms with E-state index in [4.69, 9.17) is 10.00 Å². The molecule has 2 aliphatic rings. The third-order valence-corrected chi connectivity index (χ3v) is 4.12. The number of aryl methyl sites for hydroxylation is 1. The van der Waals surface area contributed by atoms with Gasteiger partial charge in [0.25, 0.3) is 0 Å². The molecule has 2 aliphatic heterocycles. The first-order valence-corrected chi connectivity index (χ1v) is 7.22. The first kappa shape index (κ1) is 13.3. The van der Waals surface area contributed by atoms with Gasteiger partial charge in [-0.2, -0.15) is 5.26 Å². The molecule has 106 valence electrons. The molecule has 5 heteroatoms. The number of ether oxygens (including phenoxy) is 1. The van der Waals surface area contributed by atoms with Crippen LogP contribution < -0.4 is 4.90 Å². The van der Waals surface area contributed by atoms with E-state index in [0.717, 1.165) is 57.3 Å². The Morgan fingerprint density at radius 1 is 1.30 bits per heavy atom. The molecule has 0 spiro atoms. The summed E-state index contributed by atoms with van der Waals surface area (Å²) in [7, 11) is 0. The molecule has 5 nitrogen and oxygen atoms in total. The molecule has 0 amide bonds. The van der Waals surface area contributed by atoms with Crippen LogP contribution in [0.4, 0.5) is 5.82 Å². The van der Waals surface area contributed by atoms with Crippen LogP contribution in [-0.2, 0) is 4.74 Å². The zero-order valence-corrected chi connectivity index (χ0v) is 11.9. The number of aromatic nitrogens is 1. The first-order chi connectivity index (χ1) is 9.76. The summed E-state index contributed by atoms with van der Waals surface area (Å²) in [5.41, 5.74) is 1.61. The minimum Gasteiger partial charge on any atom is -0.379 e. The van der Waals surface area contributed by atoms with Gasteiger partial charge in [-0.1, -0.05) is 0 Å². The van der Waals surface area contributed by atoms with E-state index < -0.39 is 0 Å². The maximum Gasteiger partial charge on any atom is 0.130 e. The molecule has 0 bridgehead atoms. The Bertz CT molecular complexity index is 519. The Morgan fingerprint density at radius 3 is 2.85 bits per heavy atom. The van der Waals surface area contributed by atoms with Crippen molar-refractivity contribution in [1.29, 1.82) is 5.26 Å². The van der Waals surface area contributed by atoms with Crippen LogP contribution in [0, 0.1) is 18.3 Å². The fraction of sp³-hybridized carbons (Fsp3) is 0.600. The molecule has 0 radical (unpaired) electrons. The molecule has 2 fully saturated rings. The molecule has 3 heterocycles. The topological polar surface area (TPSA) is 52.4 Å². The van der Waals surface area contributed by atoms with E-state index in [1.54, 1.807) is 0 Å². The molecule has 3 rings (SSSR count). The normalized spacial score (nSPS) is 23.8. The van der Waals surface area contributed by atoms with Gasteiger partial charge in [0.15, 0.2) is 0 Å². The molecule has 2 saturated heterocycles. The number of nitriles is 1. The van der Waals surface area contributed by atoms with Crippen molar-refractivity contribution in [1.82, 2.24) is 9.88 Å². The first-order valence-electron chi connectivity index (χ1n) is 7.22. The van der Waals surface area contributed by atoms with Crippen molar-refractivity contribution in [3.63, 3.8) is 0 Å². The van der Waals surface area contributed by atoms with Crippen molar-refractivity contribution in [2.24, 2.45) is 0 Å². The van der Waals surface area contributed by atoms with Crippen LogP contribution in [0.5, 0.6) is 0 Å². The van der Waals surface area contributed by atoms with E-state index in [-0.39, 0.29) is 0 Å². The van der Waals surface area contributed by atoms with Crippen LogP contribution in [-0.4, -0.2) is 55.3 Å². The van der Waals surface area contributed by atoms with Gasteiger partial charge in [-0.3, -0.25) is 4.90 Å². The number of anilines is 1. The number of pyridine rings is 1. The number of nitrogens with zero attached hydrogens (tertiary/aromatic N) is 4. The van der Waals surface area contributed by atoms with Gasteiger partial charge >= 0.3 is 0 Å². The van der Waals surface area contributed by atoms with Crippen LogP contribution in [0.2, 0.25) is 0 Å². The number of rotatable bonds is 2. The molecule has 0 saturated carbocycles. The van der Waals surface area contributed by atoms with Gasteiger partial charge in [0, 0.05) is 37.9 Å². The summed E-state index contributed by atoms with van der Waals surface area (Å²) < 4.78 is 5.41. The lowest BCUT2D eigenvalue weighted by Crippen LogP contribution is -2.44. The maximum atomic E-state index is 9.07. The lowest BCUT2D eigenvalue weighted by atomic mass is 10.2. The Hall–Kier alpha value is -1.64. The number of hydrogen-bond acceptors (Lipinski definition) is 5. The van der Waals surface area contributed by atoms with Crippen LogP contribution in [0.15, 0.2) is 12.1 Å². The Balaban J connectivity index is 1.70. The van der Waals surface area contributed by atoms with Crippen LogP contribution in [0.3, 0.4) is 0 Å². The van der Waals surface area contributed by atoms with Crippen molar-refractivity contribution in [2.45, 2.75) is 19.4 Å². The molecule has 1 aromatic heterocycles. The van der Waals surface area contributed by atoms with Crippen molar-refractivity contribution >= 4 is 5.82 Å². The Kier molecular flexibility index (Phi) is 3.86. The van der Waals surface area contributed by atoms with Gasteiger partial charge in [0.05, 0.1) is 24.8 Å². The van der Waals surface area contributed by atoms with E-state index in [0.29, 0.717) is 11.6 Å². The summed E-state index contributed by atoms with van der Waals surface area (Å²) in [5, 5.41) is 9.07. The zero-order valence-electron chi connectivity index (χ0n) is 11.9. The van der Waals surface area contributed by atoms with Crippen molar-refractivity contribution in [3.05, 3.63) is 23.4 Å². The smallest absolute Gasteiger partial charge is 0.130 e. The second-order valence-corrected chi connectivity index (χ2v) is 5.50. The molecule has 0 N–H and O–H groups in total. The SMILES string of the molecule is Cc1cc(C#N)cc(N2CCC(N3CCOCC3)C2)n1. The van der Waals surface area contributed by atoms with E-state index in [9.17, 15) is 0 Å².